The number of hydrogen-bond donors (Lipinski definition) is 0. The molecular formula is C18H20ClN5. The quantitative estimate of drug-likeness (QED) is 0.686. The van der Waals surface area contributed by atoms with Crippen LogP contribution in [0.5, 0.6) is 0 Å². The zero-order valence-electron chi connectivity index (χ0n) is 13.7. The number of likely N-dealkylation sites (N-methyl/N-ethyl adjacent to an activating group) is 1. The van der Waals surface area contributed by atoms with Gasteiger partial charge in [-0.25, -0.2) is 0 Å². The second-order valence-electron chi connectivity index (χ2n) is 6.27. The molecule has 1 aliphatic heterocycles. The van der Waals surface area contributed by atoms with E-state index < -0.39 is 0 Å². The van der Waals surface area contributed by atoms with Gasteiger partial charge in [-0.2, -0.15) is 9.97 Å². The molecule has 0 amide bonds. The van der Waals surface area contributed by atoms with E-state index in [-0.39, 0.29) is 0 Å². The van der Waals surface area contributed by atoms with E-state index in [1.54, 1.807) is 0 Å². The molecule has 124 valence electrons. The van der Waals surface area contributed by atoms with Crippen LogP contribution >= 0.6 is 11.6 Å². The number of fused-ring (bicyclic) bond motifs is 1. The fourth-order valence-corrected chi connectivity index (χ4v) is 3.35. The van der Waals surface area contributed by atoms with Crippen molar-refractivity contribution in [3.63, 3.8) is 0 Å². The summed E-state index contributed by atoms with van der Waals surface area (Å²) in [5.41, 5.74) is 2.14. The zero-order valence-corrected chi connectivity index (χ0v) is 14.4. The number of halogens is 1. The highest BCUT2D eigenvalue weighted by molar-refractivity contribution is 6.28. The van der Waals surface area contributed by atoms with Gasteiger partial charge in [-0.3, -0.25) is 0 Å². The first-order chi connectivity index (χ1) is 11.7. The zero-order chi connectivity index (χ0) is 16.5. The standard InChI is InChI=1S/C18H20ClN5/c1-22-9-11-23(12-10-22)16-15-7-8-24(17(15)21-18(19)20-16)13-14-5-3-2-4-6-14/h2-8H,9-13H2,1H3. The van der Waals surface area contributed by atoms with Gasteiger partial charge in [0.2, 0.25) is 5.28 Å². The van der Waals surface area contributed by atoms with Gasteiger partial charge < -0.3 is 14.4 Å². The Morgan fingerprint density at radius 2 is 1.75 bits per heavy atom. The topological polar surface area (TPSA) is 37.2 Å². The van der Waals surface area contributed by atoms with Crippen LogP contribution in [0.15, 0.2) is 42.6 Å². The molecule has 0 saturated carbocycles. The average molecular weight is 342 g/mol. The Labute approximate surface area is 146 Å². The van der Waals surface area contributed by atoms with E-state index in [4.69, 9.17) is 11.6 Å². The SMILES string of the molecule is CN1CCN(c2nc(Cl)nc3c2ccn3Cc2ccccc2)CC1. The Morgan fingerprint density at radius 1 is 1.00 bits per heavy atom. The van der Waals surface area contributed by atoms with Crippen LogP contribution in [0.3, 0.4) is 0 Å². The molecule has 1 saturated heterocycles. The van der Waals surface area contributed by atoms with Crippen molar-refractivity contribution in [1.29, 1.82) is 0 Å². The molecule has 4 rings (SSSR count). The smallest absolute Gasteiger partial charge is 0.226 e. The summed E-state index contributed by atoms with van der Waals surface area (Å²) in [5, 5.41) is 1.38. The van der Waals surface area contributed by atoms with E-state index in [1.807, 2.05) is 6.07 Å². The van der Waals surface area contributed by atoms with Crippen LogP contribution < -0.4 is 4.90 Å². The normalized spacial score (nSPS) is 16.0. The lowest BCUT2D eigenvalue weighted by Crippen LogP contribution is -2.44. The molecule has 3 heterocycles. The Balaban J connectivity index is 1.71. The van der Waals surface area contributed by atoms with Gasteiger partial charge in [0.1, 0.15) is 11.5 Å². The lowest BCUT2D eigenvalue weighted by Gasteiger charge is -2.33. The highest BCUT2D eigenvalue weighted by Gasteiger charge is 2.20. The number of rotatable bonds is 3. The van der Waals surface area contributed by atoms with Crippen LogP contribution in [0.1, 0.15) is 5.56 Å². The van der Waals surface area contributed by atoms with Gasteiger partial charge in [0.25, 0.3) is 0 Å². The van der Waals surface area contributed by atoms with Crippen LogP contribution in [0.2, 0.25) is 5.28 Å². The Kier molecular flexibility index (Phi) is 4.12. The molecule has 6 heteroatoms. The molecule has 5 nitrogen and oxygen atoms in total. The molecule has 0 N–H and O–H groups in total. The Morgan fingerprint density at radius 3 is 2.50 bits per heavy atom. The van der Waals surface area contributed by atoms with Crippen LogP contribution in [-0.2, 0) is 6.54 Å². The number of anilines is 1. The Hall–Kier alpha value is -2.11. The number of nitrogens with zero attached hydrogens (tertiary/aromatic N) is 5. The molecule has 3 aromatic rings. The lowest BCUT2D eigenvalue weighted by molar-refractivity contribution is 0.312. The van der Waals surface area contributed by atoms with E-state index in [1.165, 1.54) is 5.56 Å². The van der Waals surface area contributed by atoms with Crippen LogP contribution in [0, 0.1) is 0 Å². The highest BCUT2D eigenvalue weighted by Crippen LogP contribution is 2.27. The molecular weight excluding hydrogens is 322 g/mol. The molecule has 1 aliphatic rings. The second-order valence-corrected chi connectivity index (χ2v) is 6.61. The predicted octanol–water partition coefficient (Wildman–Crippen LogP) is 2.88. The highest BCUT2D eigenvalue weighted by atomic mass is 35.5. The predicted molar refractivity (Wildman–Crippen MR) is 97.8 cm³/mol. The van der Waals surface area contributed by atoms with Crippen molar-refractivity contribution >= 4 is 28.5 Å². The van der Waals surface area contributed by atoms with Crippen LogP contribution in [0.4, 0.5) is 5.82 Å². The molecule has 0 aliphatic carbocycles. The van der Waals surface area contributed by atoms with Crippen molar-refractivity contribution in [2.45, 2.75) is 6.54 Å². The summed E-state index contributed by atoms with van der Waals surface area (Å²) in [6, 6.07) is 12.5. The fourth-order valence-electron chi connectivity index (χ4n) is 3.19. The summed E-state index contributed by atoms with van der Waals surface area (Å²) < 4.78 is 2.14. The van der Waals surface area contributed by atoms with Crippen molar-refractivity contribution in [3.05, 3.63) is 53.4 Å². The Bertz CT molecular complexity index is 837. The van der Waals surface area contributed by atoms with Crippen molar-refractivity contribution in [2.75, 3.05) is 38.1 Å². The van der Waals surface area contributed by atoms with E-state index in [0.717, 1.165) is 49.6 Å². The summed E-state index contributed by atoms with van der Waals surface area (Å²) >= 11 is 6.23. The number of hydrogen-bond acceptors (Lipinski definition) is 4. The summed E-state index contributed by atoms with van der Waals surface area (Å²) in [5.74, 6) is 0.949. The summed E-state index contributed by atoms with van der Waals surface area (Å²) in [4.78, 5) is 13.6. The first kappa shape index (κ1) is 15.4. The van der Waals surface area contributed by atoms with E-state index in [9.17, 15) is 0 Å². The first-order valence-electron chi connectivity index (χ1n) is 8.20. The third kappa shape index (κ3) is 2.97. The average Bonchev–Trinajstić information content (AvgIpc) is 2.99. The maximum absolute atomic E-state index is 6.23. The van der Waals surface area contributed by atoms with Gasteiger partial charge in [-0.15, -0.1) is 0 Å². The van der Waals surface area contributed by atoms with Gasteiger partial charge in [-0.1, -0.05) is 30.3 Å². The van der Waals surface area contributed by atoms with E-state index >= 15 is 0 Å². The van der Waals surface area contributed by atoms with Crippen LogP contribution in [0.25, 0.3) is 11.0 Å². The largest absolute Gasteiger partial charge is 0.353 e. The molecule has 0 unspecified atom stereocenters. The van der Waals surface area contributed by atoms with Gasteiger partial charge in [0, 0.05) is 38.9 Å². The maximum atomic E-state index is 6.23. The molecule has 0 bridgehead atoms. The molecule has 0 radical (unpaired) electrons. The lowest BCUT2D eigenvalue weighted by atomic mass is 10.2. The minimum absolute atomic E-state index is 0.310. The summed E-state index contributed by atoms with van der Waals surface area (Å²) in [7, 11) is 2.15. The van der Waals surface area contributed by atoms with Crippen molar-refractivity contribution in [2.24, 2.45) is 0 Å². The van der Waals surface area contributed by atoms with E-state index in [0.29, 0.717) is 5.28 Å². The molecule has 0 spiro atoms. The molecule has 0 atom stereocenters. The molecule has 24 heavy (non-hydrogen) atoms. The first-order valence-corrected chi connectivity index (χ1v) is 8.58. The number of benzene rings is 1. The molecule has 1 aromatic carbocycles. The number of piperazine rings is 1. The van der Waals surface area contributed by atoms with Crippen molar-refractivity contribution in [1.82, 2.24) is 19.4 Å². The minimum atomic E-state index is 0.310. The fraction of sp³-hybridized carbons (Fsp3) is 0.333. The van der Waals surface area contributed by atoms with Gasteiger partial charge in [0.15, 0.2) is 0 Å². The maximum Gasteiger partial charge on any atom is 0.226 e. The van der Waals surface area contributed by atoms with Gasteiger partial charge in [0.05, 0.1) is 5.39 Å². The monoisotopic (exact) mass is 341 g/mol. The van der Waals surface area contributed by atoms with Crippen molar-refractivity contribution < 1.29 is 0 Å². The van der Waals surface area contributed by atoms with Gasteiger partial charge in [-0.05, 0) is 30.3 Å². The van der Waals surface area contributed by atoms with Gasteiger partial charge >= 0.3 is 0 Å². The van der Waals surface area contributed by atoms with E-state index in [2.05, 4.69) is 67.9 Å². The van der Waals surface area contributed by atoms with Crippen molar-refractivity contribution in [3.8, 4) is 0 Å². The van der Waals surface area contributed by atoms with Crippen LogP contribution in [-0.4, -0.2) is 52.7 Å². The third-order valence-electron chi connectivity index (χ3n) is 4.57. The molecule has 1 fully saturated rings. The summed E-state index contributed by atoms with van der Waals surface area (Å²) in [6.07, 6.45) is 2.07. The third-order valence-corrected chi connectivity index (χ3v) is 4.74. The second kappa shape index (κ2) is 6.42. The molecule has 2 aromatic heterocycles. The number of aromatic nitrogens is 3. The minimum Gasteiger partial charge on any atom is -0.353 e. The summed E-state index contributed by atoms with van der Waals surface area (Å²) in [6.45, 7) is 4.77.